The Labute approximate surface area is 88.7 Å². The summed E-state index contributed by atoms with van der Waals surface area (Å²) in [4.78, 5) is 10.5. The normalized spacial score (nSPS) is 14.3. The highest BCUT2D eigenvalue weighted by molar-refractivity contribution is 5.64. The molecule has 0 saturated carbocycles. The maximum absolute atomic E-state index is 10.5. The van der Waals surface area contributed by atoms with Crippen LogP contribution >= 0.6 is 0 Å². The number of aliphatic hydroxyl groups is 1. The third kappa shape index (κ3) is 2.95. The van der Waals surface area contributed by atoms with Crippen LogP contribution in [0.2, 0.25) is 0 Å². The van der Waals surface area contributed by atoms with Gasteiger partial charge in [-0.3, -0.25) is 0 Å². The van der Waals surface area contributed by atoms with Gasteiger partial charge in [-0.2, -0.15) is 0 Å². The average Bonchev–Trinajstić information content (AvgIpc) is 2.27. The van der Waals surface area contributed by atoms with Crippen LogP contribution < -0.4 is 5.73 Å². The van der Waals surface area contributed by atoms with E-state index in [2.05, 4.69) is 4.74 Å². The molecule has 1 amide bonds. The molecule has 82 valence electrons. The summed E-state index contributed by atoms with van der Waals surface area (Å²) in [6, 6.07) is 9.07. The second kappa shape index (κ2) is 4.79. The molecule has 1 unspecified atom stereocenters. The Morgan fingerprint density at radius 1 is 1.47 bits per heavy atom. The highest BCUT2D eigenvalue weighted by atomic mass is 16.6. The van der Waals surface area contributed by atoms with Crippen LogP contribution in [0.1, 0.15) is 18.9 Å². The molecule has 0 spiro atoms. The van der Waals surface area contributed by atoms with Crippen molar-refractivity contribution in [3.63, 3.8) is 0 Å². The van der Waals surface area contributed by atoms with Crippen molar-refractivity contribution in [3.05, 3.63) is 35.9 Å². The van der Waals surface area contributed by atoms with Gasteiger partial charge in [-0.1, -0.05) is 37.3 Å². The summed E-state index contributed by atoms with van der Waals surface area (Å²) in [7, 11) is 0. The molecule has 4 heteroatoms. The summed E-state index contributed by atoms with van der Waals surface area (Å²) < 4.78 is 4.64. The summed E-state index contributed by atoms with van der Waals surface area (Å²) in [5, 5.41) is 10.2. The maximum Gasteiger partial charge on any atom is 0.404 e. The fourth-order valence-corrected chi connectivity index (χ4v) is 1.33. The Morgan fingerprint density at radius 2 is 2.07 bits per heavy atom. The van der Waals surface area contributed by atoms with Gasteiger partial charge in [0, 0.05) is 0 Å². The van der Waals surface area contributed by atoms with Crippen LogP contribution in [0.5, 0.6) is 0 Å². The van der Waals surface area contributed by atoms with Crippen molar-refractivity contribution < 1.29 is 14.6 Å². The SMILES string of the molecule is CCC(O)(COC(N)=O)c1ccccc1. The van der Waals surface area contributed by atoms with E-state index in [4.69, 9.17) is 5.73 Å². The predicted molar refractivity (Wildman–Crippen MR) is 56.2 cm³/mol. The number of benzene rings is 1. The van der Waals surface area contributed by atoms with Crippen molar-refractivity contribution in [2.24, 2.45) is 5.73 Å². The van der Waals surface area contributed by atoms with Crippen LogP contribution in [0.4, 0.5) is 4.79 Å². The van der Waals surface area contributed by atoms with Crippen molar-refractivity contribution in [3.8, 4) is 0 Å². The molecular weight excluding hydrogens is 194 g/mol. The maximum atomic E-state index is 10.5. The molecule has 15 heavy (non-hydrogen) atoms. The van der Waals surface area contributed by atoms with E-state index in [9.17, 15) is 9.90 Å². The van der Waals surface area contributed by atoms with Crippen LogP contribution in [0.15, 0.2) is 30.3 Å². The number of amides is 1. The zero-order valence-corrected chi connectivity index (χ0v) is 8.64. The minimum absolute atomic E-state index is 0.122. The highest BCUT2D eigenvalue weighted by Gasteiger charge is 2.28. The van der Waals surface area contributed by atoms with E-state index < -0.39 is 11.7 Å². The number of carbonyl (C=O) groups excluding carboxylic acids is 1. The van der Waals surface area contributed by atoms with Crippen molar-refractivity contribution in [2.45, 2.75) is 18.9 Å². The molecule has 0 heterocycles. The Hall–Kier alpha value is -1.55. The molecule has 0 aliphatic carbocycles. The topological polar surface area (TPSA) is 72.6 Å². The van der Waals surface area contributed by atoms with Gasteiger partial charge < -0.3 is 15.6 Å². The summed E-state index contributed by atoms with van der Waals surface area (Å²) in [5.74, 6) is 0. The number of carbonyl (C=O) groups is 1. The molecule has 1 rings (SSSR count). The molecule has 1 aromatic carbocycles. The smallest absolute Gasteiger partial charge is 0.404 e. The minimum atomic E-state index is -1.16. The number of rotatable bonds is 4. The molecule has 0 aromatic heterocycles. The monoisotopic (exact) mass is 209 g/mol. The van der Waals surface area contributed by atoms with Crippen molar-refractivity contribution in [2.75, 3.05) is 6.61 Å². The second-order valence-corrected chi connectivity index (χ2v) is 3.36. The number of primary amides is 1. The van der Waals surface area contributed by atoms with Crippen LogP contribution in [0.25, 0.3) is 0 Å². The van der Waals surface area contributed by atoms with E-state index in [0.29, 0.717) is 12.0 Å². The van der Waals surface area contributed by atoms with Crippen LogP contribution in [-0.4, -0.2) is 17.8 Å². The molecule has 0 aliphatic rings. The predicted octanol–water partition coefficient (Wildman–Crippen LogP) is 1.38. The summed E-state index contributed by atoms with van der Waals surface area (Å²) >= 11 is 0. The third-order valence-corrected chi connectivity index (χ3v) is 2.35. The minimum Gasteiger partial charge on any atom is -0.446 e. The van der Waals surface area contributed by atoms with E-state index in [1.54, 1.807) is 12.1 Å². The molecule has 3 N–H and O–H groups in total. The number of nitrogens with two attached hydrogens (primary N) is 1. The lowest BCUT2D eigenvalue weighted by Crippen LogP contribution is -2.33. The first kappa shape index (κ1) is 11.5. The zero-order valence-electron chi connectivity index (χ0n) is 8.64. The average molecular weight is 209 g/mol. The molecule has 4 nitrogen and oxygen atoms in total. The molecule has 0 aliphatic heterocycles. The Morgan fingerprint density at radius 3 is 2.53 bits per heavy atom. The molecule has 0 radical (unpaired) electrons. The van der Waals surface area contributed by atoms with E-state index in [-0.39, 0.29) is 6.61 Å². The standard InChI is InChI=1S/C11H15NO3/c1-2-11(14,8-15-10(12)13)9-6-4-3-5-7-9/h3-7,14H,2,8H2,1H3,(H2,12,13). The fourth-order valence-electron chi connectivity index (χ4n) is 1.33. The first-order valence-electron chi connectivity index (χ1n) is 4.78. The van der Waals surface area contributed by atoms with Gasteiger partial charge in [0.1, 0.15) is 12.2 Å². The first-order valence-corrected chi connectivity index (χ1v) is 4.78. The number of hydrogen-bond donors (Lipinski definition) is 2. The first-order chi connectivity index (χ1) is 7.08. The van der Waals surface area contributed by atoms with E-state index in [1.807, 2.05) is 25.1 Å². The van der Waals surface area contributed by atoms with Crippen LogP contribution in [0, 0.1) is 0 Å². The molecule has 0 saturated heterocycles. The highest BCUT2D eigenvalue weighted by Crippen LogP contribution is 2.24. The lowest BCUT2D eigenvalue weighted by atomic mass is 9.92. The van der Waals surface area contributed by atoms with Gasteiger partial charge in [0.25, 0.3) is 0 Å². The van der Waals surface area contributed by atoms with Gasteiger partial charge in [0.2, 0.25) is 0 Å². The van der Waals surface area contributed by atoms with Gasteiger partial charge in [0.15, 0.2) is 0 Å². The molecule has 0 fully saturated rings. The number of hydrogen-bond acceptors (Lipinski definition) is 3. The molecule has 1 atom stereocenters. The van der Waals surface area contributed by atoms with Crippen molar-refractivity contribution in [1.82, 2.24) is 0 Å². The van der Waals surface area contributed by atoms with Gasteiger partial charge in [-0.25, -0.2) is 4.79 Å². The summed E-state index contributed by atoms with van der Waals surface area (Å²) in [6.45, 7) is 1.69. The molecular formula is C11H15NO3. The second-order valence-electron chi connectivity index (χ2n) is 3.36. The van der Waals surface area contributed by atoms with E-state index >= 15 is 0 Å². The Balaban J connectivity index is 2.80. The van der Waals surface area contributed by atoms with Gasteiger partial charge in [0.05, 0.1) is 0 Å². The van der Waals surface area contributed by atoms with Crippen LogP contribution in [-0.2, 0) is 10.3 Å². The Kier molecular flexibility index (Phi) is 3.68. The lowest BCUT2D eigenvalue weighted by molar-refractivity contribution is -0.0273. The Bertz CT molecular complexity index is 326. The molecule has 1 aromatic rings. The van der Waals surface area contributed by atoms with Gasteiger partial charge in [-0.05, 0) is 12.0 Å². The lowest BCUT2D eigenvalue weighted by Gasteiger charge is -2.26. The van der Waals surface area contributed by atoms with E-state index in [0.717, 1.165) is 0 Å². The fraction of sp³-hybridized carbons (Fsp3) is 0.364. The zero-order chi connectivity index (χ0) is 11.3. The number of ether oxygens (including phenoxy) is 1. The van der Waals surface area contributed by atoms with Crippen LogP contribution in [0.3, 0.4) is 0 Å². The largest absolute Gasteiger partial charge is 0.446 e. The van der Waals surface area contributed by atoms with E-state index in [1.165, 1.54) is 0 Å². The summed E-state index contributed by atoms with van der Waals surface area (Å²) in [5.41, 5.74) is 4.42. The third-order valence-electron chi connectivity index (χ3n) is 2.35. The summed E-state index contributed by atoms with van der Waals surface area (Å²) in [6.07, 6.45) is -0.428. The van der Waals surface area contributed by atoms with Gasteiger partial charge >= 0.3 is 6.09 Å². The van der Waals surface area contributed by atoms with Gasteiger partial charge in [-0.15, -0.1) is 0 Å². The van der Waals surface area contributed by atoms with Crippen molar-refractivity contribution in [1.29, 1.82) is 0 Å². The quantitative estimate of drug-likeness (QED) is 0.786. The van der Waals surface area contributed by atoms with Crippen molar-refractivity contribution >= 4 is 6.09 Å². The molecule has 0 bridgehead atoms.